The Bertz CT molecular complexity index is 411. The van der Waals surface area contributed by atoms with Crippen LogP contribution in [0.1, 0.15) is 18.2 Å². The van der Waals surface area contributed by atoms with E-state index in [-0.39, 0.29) is 24.8 Å². The number of aromatic nitrogens is 1. The van der Waals surface area contributed by atoms with Crippen LogP contribution < -0.4 is 5.32 Å². The molecule has 1 fully saturated rings. The van der Waals surface area contributed by atoms with E-state index in [9.17, 15) is 13.2 Å². The Kier molecular flexibility index (Phi) is 9.11. The first-order chi connectivity index (χ1) is 8.96. The number of hydrogen-bond donors (Lipinski definition) is 1. The Hall–Kier alpha value is -0.0800. The first-order valence-corrected chi connectivity index (χ1v) is 6.88. The van der Waals surface area contributed by atoms with E-state index in [4.69, 9.17) is 0 Å². The molecular formula is C12H17BrCl2F3N3. The molecule has 1 N–H and O–H groups in total. The van der Waals surface area contributed by atoms with E-state index in [1.807, 2.05) is 4.90 Å². The maximum atomic E-state index is 12.7. The van der Waals surface area contributed by atoms with Gasteiger partial charge in [0, 0.05) is 36.8 Å². The van der Waals surface area contributed by atoms with Crippen LogP contribution in [0, 0.1) is 0 Å². The molecule has 9 heteroatoms. The molecule has 3 nitrogen and oxygen atoms in total. The fourth-order valence-electron chi connectivity index (χ4n) is 2.22. The lowest BCUT2D eigenvalue weighted by molar-refractivity contribution is -0.149. The molecule has 1 aromatic heterocycles. The molecule has 122 valence electrons. The van der Waals surface area contributed by atoms with Crippen molar-refractivity contribution >= 4 is 40.7 Å². The van der Waals surface area contributed by atoms with Gasteiger partial charge in [-0.15, -0.1) is 24.8 Å². The topological polar surface area (TPSA) is 28.2 Å². The number of nitrogens with one attached hydrogen (secondary N) is 1. The lowest BCUT2D eigenvalue weighted by Gasteiger charge is -2.35. The molecule has 0 aromatic carbocycles. The van der Waals surface area contributed by atoms with Crippen LogP contribution >= 0.6 is 40.7 Å². The molecule has 1 atom stereocenters. The van der Waals surface area contributed by atoms with Crippen molar-refractivity contribution < 1.29 is 13.2 Å². The zero-order chi connectivity index (χ0) is 13.9. The van der Waals surface area contributed by atoms with E-state index in [1.54, 1.807) is 18.3 Å². The minimum absolute atomic E-state index is 0. The Balaban J connectivity index is 0.00000200. The van der Waals surface area contributed by atoms with Crippen LogP contribution in [-0.4, -0.2) is 42.2 Å². The molecule has 1 aliphatic heterocycles. The Morgan fingerprint density at radius 1 is 1.24 bits per heavy atom. The van der Waals surface area contributed by atoms with E-state index in [2.05, 4.69) is 26.2 Å². The molecule has 0 bridgehead atoms. The van der Waals surface area contributed by atoms with Crippen molar-refractivity contribution in [2.45, 2.75) is 18.6 Å². The van der Waals surface area contributed by atoms with Crippen LogP contribution in [0.5, 0.6) is 0 Å². The standard InChI is InChI=1S/C12H15BrF3N3.2ClH/c13-9-1-2-10(18-8-9)11(7-12(14,15)16)19-5-3-17-4-6-19;;/h1-2,8,11,17H,3-7H2;2*1H/t11-;;/m0../s1. The molecule has 1 aromatic rings. The van der Waals surface area contributed by atoms with Crippen molar-refractivity contribution in [1.82, 2.24) is 15.2 Å². The predicted octanol–water partition coefficient (Wildman–Crippen LogP) is 3.59. The fourth-order valence-corrected chi connectivity index (χ4v) is 2.45. The SMILES string of the molecule is Cl.Cl.FC(F)(F)C[C@@H](c1ccc(Br)cn1)N1CCNCC1. The second kappa shape index (κ2) is 9.15. The minimum atomic E-state index is -4.19. The van der Waals surface area contributed by atoms with Crippen molar-refractivity contribution in [2.75, 3.05) is 26.2 Å². The van der Waals surface area contributed by atoms with E-state index in [0.717, 1.165) is 4.47 Å². The van der Waals surface area contributed by atoms with Gasteiger partial charge in [0.25, 0.3) is 0 Å². The normalized spacial score (nSPS) is 17.5. The van der Waals surface area contributed by atoms with Crippen LogP contribution in [-0.2, 0) is 0 Å². The maximum absolute atomic E-state index is 12.7. The number of pyridine rings is 1. The van der Waals surface area contributed by atoms with Crippen molar-refractivity contribution in [3.8, 4) is 0 Å². The zero-order valence-corrected chi connectivity index (χ0v) is 14.3. The van der Waals surface area contributed by atoms with Gasteiger partial charge >= 0.3 is 6.18 Å². The molecule has 0 radical (unpaired) electrons. The smallest absolute Gasteiger partial charge is 0.314 e. The Morgan fingerprint density at radius 2 is 1.86 bits per heavy atom. The fraction of sp³-hybridized carbons (Fsp3) is 0.583. The molecule has 21 heavy (non-hydrogen) atoms. The van der Waals surface area contributed by atoms with Gasteiger partial charge in [0.2, 0.25) is 0 Å². The number of hydrogen-bond acceptors (Lipinski definition) is 3. The summed E-state index contributed by atoms with van der Waals surface area (Å²) in [6.45, 7) is 2.65. The molecule has 2 rings (SSSR count). The highest BCUT2D eigenvalue weighted by atomic mass is 79.9. The average Bonchev–Trinajstić information content (AvgIpc) is 2.37. The zero-order valence-electron chi connectivity index (χ0n) is 11.1. The first kappa shape index (κ1) is 20.9. The van der Waals surface area contributed by atoms with Gasteiger partial charge in [0.1, 0.15) is 0 Å². The third-order valence-electron chi connectivity index (χ3n) is 3.11. The van der Waals surface area contributed by atoms with Gasteiger partial charge in [-0.2, -0.15) is 13.2 Å². The first-order valence-electron chi connectivity index (χ1n) is 6.09. The summed E-state index contributed by atoms with van der Waals surface area (Å²) in [6.07, 6.45) is -3.51. The number of nitrogens with zero attached hydrogens (tertiary/aromatic N) is 2. The molecule has 0 saturated carbocycles. The monoisotopic (exact) mass is 409 g/mol. The lowest BCUT2D eigenvalue weighted by Crippen LogP contribution is -2.46. The second-order valence-electron chi connectivity index (χ2n) is 4.52. The van der Waals surface area contributed by atoms with Crippen LogP contribution in [0.3, 0.4) is 0 Å². The number of alkyl halides is 3. The van der Waals surface area contributed by atoms with Crippen molar-refractivity contribution in [3.63, 3.8) is 0 Å². The highest BCUT2D eigenvalue weighted by Gasteiger charge is 2.36. The summed E-state index contributed by atoms with van der Waals surface area (Å²) >= 11 is 3.24. The summed E-state index contributed by atoms with van der Waals surface area (Å²) < 4.78 is 39.0. The molecule has 0 unspecified atom stereocenters. The van der Waals surface area contributed by atoms with Crippen LogP contribution in [0.2, 0.25) is 0 Å². The van der Waals surface area contributed by atoms with Crippen molar-refractivity contribution in [2.24, 2.45) is 0 Å². The lowest BCUT2D eigenvalue weighted by atomic mass is 10.1. The molecular weight excluding hydrogens is 394 g/mol. The third kappa shape index (κ3) is 6.69. The molecule has 1 saturated heterocycles. The molecule has 2 heterocycles. The van der Waals surface area contributed by atoms with Gasteiger partial charge in [-0.1, -0.05) is 0 Å². The third-order valence-corrected chi connectivity index (χ3v) is 3.58. The number of piperazine rings is 1. The molecule has 0 spiro atoms. The summed E-state index contributed by atoms with van der Waals surface area (Å²) in [6, 6.07) is 2.69. The van der Waals surface area contributed by atoms with Gasteiger partial charge < -0.3 is 5.32 Å². The maximum Gasteiger partial charge on any atom is 0.391 e. The minimum Gasteiger partial charge on any atom is -0.314 e. The van der Waals surface area contributed by atoms with E-state index >= 15 is 0 Å². The summed E-state index contributed by atoms with van der Waals surface area (Å²) in [5.41, 5.74) is 0.474. The summed E-state index contributed by atoms with van der Waals surface area (Å²) in [5, 5.41) is 3.14. The van der Waals surface area contributed by atoms with Gasteiger partial charge in [-0.25, -0.2) is 0 Å². The van der Waals surface area contributed by atoms with E-state index < -0.39 is 18.6 Å². The van der Waals surface area contributed by atoms with Gasteiger partial charge in [0.15, 0.2) is 0 Å². The van der Waals surface area contributed by atoms with E-state index in [0.29, 0.717) is 31.9 Å². The number of halogens is 6. The second-order valence-corrected chi connectivity index (χ2v) is 5.44. The van der Waals surface area contributed by atoms with Crippen LogP contribution in [0.15, 0.2) is 22.8 Å². The number of rotatable bonds is 3. The Labute approximate surface area is 142 Å². The highest BCUT2D eigenvalue weighted by Crippen LogP contribution is 2.33. The quantitative estimate of drug-likeness (QED) is 0.825. The summed E-state index contributed by atoms with van der Waals surface area (Å²) in [7, 11) is 0. The summed E-state index contributed by atoms with van der Waals surface area (Å²) in [5.74, 6) is 0. The highest BCUT2D eigenvalue weighted by molar-refractivity contribution is 9.10. The largest absolute Gasteiger partial charge is 0.391 e. The van der Waals surface area contributed by atoms with Crippen LogP contribution in [0.4, 0.5) is 13.2 Å². The van der Waals surface area contributed by atoms with Gasteiger partial charge in [0.05, 0.1) is 18.2 Å². The average molecular weight is 411 g/mol. The summed E-state index contributed by atoms with van der Waals surface area (Å²) in [4.78, 5) is 5.98. The van der Waals surface area contributed by atoms with E-state index in [1.165, 1.54) is 0 Å². The molecule has 1 aliphatic rings. The van der Waals surface area contributed by atoms with Gasteiger partial charge in [-0.05, 0) is 28.1 Å². The van der Waals surface area contributed by atoms with Gasteiger partial charge in [-0.3, -0.25) is 9.88 Å². The molecule has 0 aliphatic carbocycles. The van der Waals surface area contributed by atoms with Crippen LogP contribution in [0.25, 0.3) is 0 Å². The van der Waals surface area contributed by atoms with Crippen molar-refractivity contribution in [3.05, 3.63) is 28.5 Å². The van der Waals surface area contributed by atoms with Crippen molar-refractivity contribution in [1.29, 1.82) is 0 Å². The predicted molar refractivity (Wildman–Crippen MR) is 84.3 cm³/mol. The Morgan fingerprint density at radius 3 is 2.33 bits per heavy atom. The molecule has 0 amide bonds.